The number of carbonyl (C=O) groups excluding carboxylic acids is 1. The molecule has 0 spiro atoms. The Labute approximate surface area is 194 Å². The van der Waals surface area contributed by atoms with Crippen LogP contribution >= 0.6 is 0 Å². The first-order valence-electron chi connectivity index (χ1n) is 7.81. The monoisotopic (exact) mass is 722 g/mol. The fourth-order valence-electron chi connectivity index (χ4n) is 1.64. The minimum absolute atomic E-state index is 0. The van der Waals surface area contributed by atoms with Crippen molar-refractivity contribution in [2.75, 3.05) is 0 Å². The predicted octanol–water partition coefficient (Wildman–Crippen LogP) is 2.14. The van der Waals surface area contributed by atoms with Crippen molar-refractivity contribution < 1.29 is 52.0 Å². The van der Waals surface area contributed by atoms with Crippen LogP contribution in [0, 0.1) is 12.1 Å². The van der Waals surface area contributed by atoms with Gasteiger partial charge in [0.05, 0.1) is 19.1 Å². The van der Waals surface area contributed by atoms with Gasteiger partial charge in [-0.2, -0.15) is 17.0 Å². The van der Waals surface area contributed by atoms with Crippen molar-refractivity contribution in [1.82, 2.24) is 19.9 Å². The summed E-state index contributed by atoms with van der Waals surface area (Å²) < 4.78 is 0. The molecule has 0 aromatic carbocycles. The number of hydrogen-bond donors (Lipinski definition) is 2. The first kappa shape index (κ1) is 28.7. The van der Waals surface area contributed by atoms with Crippen LogP contribution in [0.25, 0.3) is 0 Å². The van der Waals surface area contributed by atoms with E-state index in [0.717, 1.165) is 11.4 Å². The van der Waals surface area contributed by atoms with Gasteiger partial charge in [0.1, 0.15) is 0 Å². The van der Waals surface area contributed by atoms with Crippen molar-refractivity contribution in [1.29, 1.82) is 0 Å². The SMILES string of the molecule is CC(C)(C)c1[c-]c(=N[C-]=O)nc[nH]1.CC(C)(C)c1[c-]c(N=[C-]O)ncn1.[W+2].[W+2]. The summed E-state index contributed by atoms with van der Waals surface area (Å²) >= 11 is 0. The zero-order valence-electron chi connectivity index (χ0n) is 16.6. The minimum Gasteiger partial charge on any atom is -0.588 e. The minimum atomic E-state index is -0.0946. The van der Waals surface area contributed by atoms with Crippen molar-refractivity contribution >= 4 is 18.6 Å². The van der Waals surface area contributed by atoms with Gasteiger partial charge in [0.2, 0.25) is 0 Å². The van der Waals surface area contributed by atoms with Gasteiger partial charge < -0.3 is 47.0 Å². The Hall–Kier alpha value is -1.52. The average Bonchev–Trinajstić information content (AvgIpc) is 2.55. The van der Waals surface area contributed by atoms with E-state index in [9.17, 15) is 4.79 Å². The summed E-state index contributed by atoms with van der Waals surface area (Å²) in [5.41, 5.74) is 1.73. The Bertz CT molecular complexity index is 824. The molecule has 2 heterocycles. The molecule has 0 bridgehead atoms. The van der Waals surface area contributed by atoms with Crippen LogP contribution in [0.15, 0.2) is 22.6 Å². The summed E-state index contributed by atoms with van der Waals surface area (Å²) in [7, 11) is 0. The van der Waals surface area contributed by atoms with Crippen LogP contribution in [0.3, 0.4) is 0 Å². The fraction of sp³-hybridized carbons (Fsp3) is 0.444. The second-order valence-corrected chi connectivity index (χ2v) is 7.31. The summed E-state index contributed by atoms with van der Waals surface area (Å²) in [5.74, 6) is 0.294. The summed E-state index contributed by atoms with van der Waals surface area (Å²) in [6.45, 7) is 12.1. The van der Waals surface area contributed by atoms with E-state index in [2.05, 4.69) is 42.1 Å². The Balaban J connectivity index is 0. The van der Waals surface area contributed by atoms with Crippen molar-refractivity contribution in [2.45, 2.75) is 52.4 Å². The molecule has 0 unspecified atom stereocenters. The number of amides is 1. The predicted molar refractivity (Wildman–Crippen MR) is 96.7 cm³/mol. The first-order valence-corrected chi connectivity index (χ1v) is 7.81. The molecule has 0 radical (unpaired) electrons. The van der Waals surface area contributed by atoms with Gasteiger partial charge in [-0.1, -0.05) is 41.5 Å². The molecule has 2 N–H and O–H groups in total. The smallest absolute Gasteiger partial charge is 0.588 e. The second kappa shape index (κ2) is 12.8. The number of aromatic amines is 1. The molecule has 2 aromatic heterocycles. The third-order valence-electron chi connectivity index (χ3n) is 3.00. The van der Waals surface area contributed by atoms with Crippen LogP contribution in [0.5, 0.6) is 0 Å². The van der Waals surface area contributed by atoms with Gasteiger partial charge in [-0.05, 0) is 10.8 Å². The number of nitrogens with one attached hydrogen (secondary N) is 1. The number of rotatable bonds is 2. The number of aliphatic hydroxyl groups excluding tert-OH is 1. The number of aromatic nitrogens is 4. The molecule has 0 aliphatic rings. The quantitative estimate of drug-likeness (QED) is 0.280. The van der Waals surface area contributed by atoms with E-state index in [0.29, 0.717) is 5.82 Å². The van der Waals surface area contributed by atoms with E-state index >= 15 is 0 Å². The summed E-state index contributed by atoms with van der Waals surface area (Å²) in [6.07, 6.45) is 5.99. The number of aliphatic imine (C=N–C) groups is 1. The maximum atomic E-state index is 9.97. The number of hydrogen-bond acceptors (Lipinski definition) is 5. The van der Waals surface area contributed by atoms with E-state index < -0.39 is 0 Å². The Morgan fingerprint density at radius 1 is 1.04 bits per heavy atom. The van der Waals surface area contributed by atoms with E-state index in [4.69, 9.17) is 5.11 Å². The average molecular weight is 722 g/mol. The van der Waals surface area contributed by atoms with Gasteiger partial charge in [0.15, 0.2) is 0 Å². The van der Waals surface area contributed by atoms with Gasteiger partial charge in [0.25, 0.3) is 0 Å². The summed E-state index contributed by atoms with van der Waals surface area (Å²) in [5, 5.41) is 8.32. The van der Waals surface area contributed by atoms with Crippen LogP contribution in [0.1, 0.15) is 52.9 Å². The maximum absolute atomic E-state index is 9.97. The molecule has 0 atom stereocenters. The molecule has 0 fully saturated rings. The molecular formula is C18H22N6O2W2. The van der Waals surface area contributed by atoms with E-state index in [-0.39, 0.29) is 58.4 Å². The van der Waals surface area contributed by atoms with Crippen LogP contribution in [0.2, 0.25) is 0 Å². The normalized spacial score (nSPS) is 11.7. The molecule has 0 aliphatic heterocycles. The van der Waals surface area contributed by atoms with Crippen molar-refractivity contribution in [2.24, 2.45) is 9.98 Å². The Morgan fingerprint density at radius 2 is 1.68 bits per heavy atom. The third kappa shape index (κ3) is 10.1. The van der Waals surface area contributed by atoms with E-state index in [1.54, 1.807) is 6.40 Å². The zero-order valence-corrected chi connectivity index (χ0v) is 22.4. The second-order valence-electron chi connectivity index (χ2n) is 7.31. The first-order chi connectivity index (χ1) is 12.1. The number of aliphatic hydroxyl groups is 1. The molecule has 148 valence electrons. The third-order valence-corrected chi connectivity index (χ3v) is 3.00. The fourth-order valence-corrected chi connectivity index (χ4v) is 1.64. The topological polar surface area (TPSA) is 116 Å². The summed E-state index contributed by atoms with van der Waals surface area (Å²) in [6, 6.07) is 5.76. The van der Waals surface area contributed by atoms with Crippen LogP contribution < -0.4 is 5.49 Å². The molecule has 2 rings (SSSR count). The van der Waals surface area contributed by atoms with E-state index in [1.807, 2.05) is 41.5 Å². The molecule has 10 heteroatoms. The molecule has 1 amide bonds. The van der Waals surface area contributed by atoms with Crippen LogP contribution in [-0.4, -0.2) is 37.9 Å². The standard InChI is InChI=1S/2C9H11N3O.2W/c2*1-9(2,3)7-4-8(12-6-13)11-5-10-7;;/h2*5H,1-3H3,(H,10,11,12,13);;/q2*-2;2*+2. The molecule has 28 heavy (non-hydrogen) atoms. The van der Waals surface area contributed by atoms with Crippen LogP contribution in [-0.2, 0) is 57.8 Å². The molecule has 8 nitrogen and oxygen atoms in total. The molecule has 0 aliphatic carbocycles. The Morgan fingerprint density at radius 3 is 2.18 bits per heavy atom. The molecule has 0 saturated carbocycles. The van der Waals surface area contributed by atoms with Gasteiger partial charge >= 0.3 is 42.1 Å². The van der Waals surface area contributed by atoms with Gasteiger partial charge in [-0.3, -0.25) is 4.98 Å². The van der Waals surface area contributed by atoms with Gasteiger partial charge in [-0.15, -0.1) is 5.69 Å². The summed E-state index contributed by atoms with van der Waals surface area (Å²) in [4.78, 5) is 31.4. The number of nitrogens with zero attached hydrogens (tertiary/aromatic N) is 5. The van der Waals surface area contributed by atoms with Gasteiger partial charge in [0, 0.05) is 6.40 Å². The van der Waals surface area contributed by atoms with Crippen molar-refractivity contribution in [3.8, 4) is 0 Å². The largest absolute Gasteiger partial charge is 2.00 e. The zero-order chi connectivity index (χ0) is 19.8. The maximum Gasteiger partial charge on any atom is 2.00 e. The Kier molecular flexibility index (Phi) is 13.2. The van der Waals surface area contributed by atoms with E-state index in [1.165, 1.54) is 19.1 Å². The van der Waals surface area contributed by atoms with Crippen molar-refractivity contribution in [3.63, 3.8) is 0 Å². The molecule has 2 aromatic rings. The van der Waals surface area contributed by atoms with Gasteiger partial charge in [-0.25, -0.2) is 0 Å². The number of H-pyrrole nitrogens is 1. The van der Waals surface area contributed by atoms with Crippen LogP contribution in [0.4, 0.5) is 5.82 Å². The van der Waals surface area contributed by atoms with Crippen molar-refractivity contribution in [3.05, 3.63) is 41.7 Å². The molecule has 0 saturated heterocycles. The molecular weight excluding hydrogens is 700 g/mol.